The average molecular weight is 626 g/mol. The molecule has 0 aromatic heterocycles. The van der Waals surface area contributed by atoms with Gasteiger partial charge >= 0.3 is 6.09 Å². The third kappa shape index (κ3) is 8.41. The van der Waals surface area contributed by atoms with Crippen LogP contribution in [0.15, 0.2) is 140 Å². The summed E-state index contributed by atoms with van der Waals surface area (Å²) < 4.78 is 24.4. The summed E-state index contributed by atoms with van der Waals surface area (Å²) in [6.07, 6.45) is 2.64. The van der Waals surface area contributed by atoms with Crippen LogP contribution in [0.5, 0.6) is 17.2 Å². The van der Waals surface area contributed by atoms with Crippen LogP contribution in [0.2, 0.25) is 0 Å². The van der Waals surface area contributed by atoms with Gasteiger partial charge in [-0.2, -0.15) is 0 Å². The quantitative estimate of drug-likeness (QED) is 0.122. The summed E-state index contributed by atoms with van der Waals surface area (Å²) in [5.41, 5.74) is 6.30. The first-order valence-electron chi connectivity index (χ1n) is 16.0. The van der Waals surface area contributed by atoms with E-state index in [2.05, 4.69) is 18.7 Å². The highest BCUT2D eigenvalue weighted by molar-refractivity contribution is 5.69. The minimum atomic E-state index is -0.341. The standard InChI is InChI=1S/C41H39NO5/c1-2-24-44-36-20-18-31(19-21-36)25-38-37-27-40(46-29-33-14-8-4-9-15-33)39(45-28-32-12-6-3-7-13-32)26-35(37)22-23-42(38)41(43)47-30-34-16-10-5-11-17-34/h2-21,26-27,38H,1,22-25,28-30H2/t38-/m1/s1. The number of fused-ring (bicyclic) bond motifs is 1. The Kier molecular flexibility index (Phi) is 10.5. The van der Waals surface area contributed by atoms with Crippen molar-refractivity contribution in [3.05, 3.63) is 173 Å². The molecule has 6 nitrogen and oxygen atoms in total. The molecule has 1 aliphatic heterocycles. The van der Waals surface area contributed by atoms with Crippen LogP contribution in [0, 0.1) is 0 Å². The summed E-state index contributed by atoms with van der Waals surface area (Å²) in [4.78, 5) is 15.5. The minimum Gasteiger partial charge on any atom is -0.490 e. The summed E-state index contributed by atoms with van der Waals surface area (Å²) in [6.45, 7) is 5.71. The Morgan fingerprint density at radius 1 is 0.681 bits per heavy atom. The van der Waals surface area contributed by atoms with Gasteiger partial charge in [-0.3, -0.25) is 0 Å². The minimum absolute atomic E-state index is 0.211. The molecule has 0 unspecified atom stereocenters. The molecule has 47 heavy (non-hydrogen) atoms. The fraction of sp³-hybridized carbons (Fsp3) is 0.195. The number of carbonyl (C=O) groups excluding carboxylic acids is 1. The van der Waals surface area contributed by atoms with E-state index < -0.39 is 0 Å². The second kappa shape index (κ2) is 15.7. The average Bonchev–Trinajstić information content (AvgIpc) is 3.13. The Bertz CT molecular complexity index is 1740. The lowest BCUT2D eigenvalue weighted by Gasteiger charge is -2.37. The summed E-state index contributed by atoms with van der Waals surface area (Å²) in [7, 11) is 0. The number of carbonyl (C=O) groups is 1. The lowest BCUT2D eigenvalue weighted by molar-refractivity contribution is 0.0767. The Labute approximate surface area is 276 Å². The second-order valence-corrected chi connectivity index (χ2v) is 11.5. The maximum absolute atomic E-state index is 13.7. The van der Waals surface area contributed by atoms with Crippen molar-refractivity contribution in [2.75, 3.05) is 13.2 Å². The fourth-order valence-electron chi connectivity index (χ4n) is 5.75. The third-order valence-corrected chi connectivity index (χ3v) is 8.20. The van der Waals surface area contributed by atoms with Gasteiger partial charge in [0, 0.05) is 6.54 Å². The molecule has 5 aromatic rings. The molecule has 5 aromatic carbocycles. The summed E-state index contributed by atoms with van der Waals surface area (Å²) in [5, 5.41) is 0. The third-order valence-electron chi connectivity index (χ3n) is 8.20. The van der Waals surface area contributed by atoms with Gasteiger partial charge in [0.15, 0.2) is 11.5 Å². The molecule has 6 heteroatoms. The first-order chi connectivity index (χ1) is 23.2. The molecular formula is C41H39NO5. The number of ether oxygens (including phenoxy) is 4. The van der Waals surface area contributed by atoms with E-state index in [4.69, 9.17) is 18.9 Å². The monoisotopic (exact) mass is 625 g/mol. The molecule has 0 saturated carbocycles. The lowest BCUT2D eigenvalue weighted by atomic mass is 9.88. The maximum Gasteiger partial charge on any atom is 0.410 e. The van der Waals surface area contributed by atoms with Gasteiger partial charge in [0.1, 0.15) is 32.2 Å². The van der Waals surface area contributed by atoms with Crippen LogP contribution in [0.1, 0.15) is 39.4 Å². The molecule has 0 saturated heterocycles. The van der Waals surface area contributed by atoms with Crippen LogP contribution in [-0.4, -0.2) is 24.1 Å². The SMILES string of the molecule is C=CCOc1ccc(C[C@@H]2c3cc(OCc4ccccc4)c(OCc4ccccc4)cc3CCN2C(=O)OCc2ccccc2)cc1. The van der Waals surface area contributed by atoms with E-state index in [-0.39, 0.29) is 18.7 Å². The first kappa shape index (κ1) is 31.5. The summed E-state index contributed by atoms with van der Waals surface area (Å²) in [5.74, 6) is 2.10. The smallest absolute Gasteiger partial charge is 0.410 e. The van der Waals surface area contributed by atoms with Crippen molar-refractivity contribution < 1.29 is 23.7 Å². The maximum atomic E-state index is 13.7. The highest BCUT2D eigenvalue weighted by Gasteiger charge is 2.33. The molecule has 1 amide bonds. The van der Waals surface area contributed by atoms with Gasteiger partial charge in [-0.25, -0.2) is 4.79 Å². The van der Waals surface area contributed by atoms with Crippen LogP contribution in [-0.2, 0) is 37.4 Å². The highest BCUT2D eigenvalue weighted by atomic mass is 16.6. The van der Waals surface area contributed by atoms with Crippen molar-refractivity contribution in [3.8, 4) is 17.2 Å². The molecule has 6 rings (SSSR count). The zero-order chi connectivity index (χ0) is 32.3. The number of amides is 1. The molecule has 1 aliphatic rings. The summed E-state index contributed by atoms with van der Waals surface area (Å²) in [6, 6.07) is 41.8. The number of rotatable bonds is 13. The zero-order valence-corrected chi connectivity index (χ0v) is 26.4. The van der Waals surface area contributed by atoms with Crippen LogP contribution in [0.25, 0.3) is 0 Å². The topological polar surface area (TPSA) is 57.2 Å². The van der Waals surface area contributed by atoms with Gasteiger partial charge in [-0.15, -0.1) is 0 Å². The molecule has 0 bridgehead atoms. The van der Waals surface area contributed by atoms with Crippen LogP contribution in [0.4, 0.5) is 4.79 Å². The largest absolute Gasteiger partial charge is 0.490 e. The molecule has 0 aliphatic carbocycles. The van der Waals surface area contributed by atoms with E-state index in [0.717, 1.165) is 39.1 Å². The van der Waals surface area contributed by atoms with Gasteiger partial charge < -0.3 is 23.8 Å². The predicted octanol–water partition coefficient (Wildman–Crippen LogP) is 8.89. The van der Waals surface area contributed by atoms with Gasteiger partial charge in [-0.05, 0) is 70.5 Å². The number of benzene rings is 5. The Morgan fingerprint density at radius 3 is 1.81 bits per heavy atom. The molecule has 1 heterocycles. The molecular weight excluding hydrogens is 586 g/mol. The van der Waals surface area contributed by atoms with E-state index in [9.17, 15) is 4.79 Å². The first-order valence-corrected chi connectivity index (χ1v) is 16.0. The highest BCUT2D eigenvalue weighted by Crippen LogP contribution is 2.41. The van der Waals surface area contributed by atoms with E-state index in [1.165, 1.54) is 0 Å². The number of nitrogens with zero attached hydrogens (tertiary/aromatic N) is 1. The van der Waals surface area contributed by atoms with E-state index >= 15 is 0 Å². The number of hydrogen-bond acceptors (Lipinski definition) is 5. The van der Waals surface area contributed by atoms with E-state index in [0.29, 0.717) is 50.7 Å². The molecule has 0 spiro atoms. The normalized spacial score (nSPS) is 13.7. The van der Waals surface area contributed by atoms with Crippen molar-refractivity contribution in [2.24, 2.45) is 0 Å². The van der Waals surface area contributed by atoms with Crippen molar-refractivity contribution in [1.82, 2.24) is 4.90 Å². The van der Waals surface area contributed by atoms with Gasteiger partial charge in [-0.1, -0.05) is 116 Å². The second-order valence-electron chi connectivity index (χ2n) is 11.5. The van der Waals surface area contributed by atoms with Crippen LogP contribution >= 0.6 is 0 Å². The van der Waals surface area contributed by atoms with E-state index in [1.54, 1.807) is 6.08 Å². The van der Waals surface area contributed by atoms with Crippen LogP contribution < -0.4 is 14.2 Å². The predicted molar refractivity (Wildman–Crippen MR) is 184 cm³/mol. The Balaban J connectivity index is 1.31. The van der Waals surface area contributed by atoms with Gasteiger partial charge in [0.25, 0.3) is 0 Å². The van der Waals surface area contributed by atoms with Crippen molar-refractivity contribution in [1.29, 1.82) is 0 Å². The van der Waals surface area contributed by atoms with Crippen molar-refractivity contribution in [2.45, 2.75) is 38.7 Å². The van der Waals surface area contributed by atoms with Crippen LogP contribution in [0.3, 0.4) is 0 Å². The zero-order valence-electron chi connectivity index (χ0n) is 26.4. The molecule has 0 N–H and O–H groups in total. The fourth-order valence-corrected chi connectivity index (χ4v) is 5.75. The summed E-state index contributed by atoms with van der Waals surface area (Å²) >= 11 is 0. The molecule has 0 fully saturated rings. The van der Waals surface area contributed by atoms with E-state index in [1.807, 2.05) is 120 Å². The molecule has 238 valence electrons. The molecule has 0 radical (unpaired) electrons. The van der Waals surface area contributed by atoms with Gasteiger partial charge in [0.05, 0.1) is 6.04 Å². The molecule has 1 atom stereocenters. The van der Waals surface area contributed by atoms with Crippen molar-refractivity contribution >= 4 is 6.09 Å². The number of hydrogen-bond donors (Lipinski definition) is 0. The van der Waals surface area contributed by atoms with Crippen molar-refractivity contribution in [3.63, 3.8) is 0 Å². The van der Waals surface area contributed by atoms with Gasteiger partial charge in [0.2, 0.25) is 0 Å². The Morgan fingerprint density at radius 2 is 1.23 bits per heavy atom. The Hall–Kier alpha value is -5.49. The lowest BCUT2D eigenvalue weighted by Crippen LogP contribution is -2.41.